The predicted molar refractivity (Wildman–Crippen MR) is 93.7 cm³/mol. The van der Waals surface area contributed by atoms with Crippen molar-refractivity contribution in [3.8, 4) is 11.1 Å². The van der Waals surface area contributed by atoms with Gasteiger partial charge in [-0.3, -0.25) is 0 Å². The van der Waals surface area contributed by atoms with Crippen LogP contribution in [0.5, 0.6) is 0 Å². The van der Waals surface area contributed by atoms with Crippen LogP contribution in [0.2, 0.25) is 0 Å². The molecule has 0 spiro atoms. The Morgan fingerprint density at radius 2 is 1.59 bits per heavy atom. The lowest BCUT2D eigenvalue weighted by Gasteiger charge is -2.37. The van der Waals surface area contributed by atoms with E-state index < -0.39 is 0 Å². The molecule has 0 aromatic heterocycles. The number of nitrogens with one attached hydrogen (secondary N) is 1. The molecule has 0 fully saturated rings. The molecule has 0 saturated carbocycles. The number of hydrogen-bond acceptors (Lipinski definition) is 1. The monoisotopic (exact) mass is 285 g/mol. The molecule has 0 amide bonds. The highest BCUT2D eigenvalue weighted by atomic mass is 15.0. The van der Waals surface area contributed by atoms with Crippen molar-refractivity contribution >= 4 is 10.8 Å². The molecule has 1 aliphatic heterocycles. The van der Waals surface area contributed by atoms with E-state index in [-0.39, 0.29) is 5.54 Å². The summed E-state index contributed by atoms with van der Waals surface area (Å²) in [5, 5.41) is 6.10. The molecule has 0 bridgehead atoms. The molecule has 1 aliphatic rings. The molecule has 3 aromatic rings. The van der Waals surface area contributed by atoms with E-state index in [9.17, 15) is 0 Å². The molecule has 4 rings (SSSR count). The number of fused-ring (bicyclic) bond motifs is 1. The minimum absolute atomic E-state index is 0.0749. The van der Waals surface area contributed by atoms with Crippen LogP contribution in [-0.4, -0.2) is 0 Å². The third-order valence-electron chi connectivity index (χ3n) is 4.71. The van der Waals surface area contributed by atoms with E-state index in [0.717, 1.165) is 0 Å². The highest BCUT2D eigenvalue weighted by molar-refractivity contribution is 5.93. The van der Waals surface area contributed by atoms with Crippen LogP contribution in [-0.2, 0) is 5.54 Å². The summed E-state index contributed by atoms with van der Waals surface area (Å²) in [6.45, 7) is 4.49. The Morgan fingerprint density at radius 1 is 0.909 bits per heavy atom. The lowest BCUT2D eigenvalue weighted by molar-refractivity contribution is 0.477. The quantitative estimate of drug-likeness (QED) is 0.687. The van der Waals surface area contributed by atoms with E-state index >= 15 is 0 Å². The third kappa shape index (κ3) is 1.86. The van der Waals surface area contributed by atoms with Crippen LogP contribution in [0.25, 0.3) is 21.9 Å². The summed E-state index contributed by atoms with van der Waals surface area (Å²) in [5.41, 5.74) is 5.25. The van der Waals surface area contributed by atoms with Gasteiger partial charge in [0.25, 0.3) is 0 Å². The van der Waals surface area contributed by atoms with Gasteiger partial charge in [-0.2, -0.15) is 0 Å². The van der Waals surface area contributed by atoms with Crippen molar-refractivity contribution in [1.29, 1.82) is 0 Å². The van der Waals surface area contributed by atoms with Gasteiger partial charge in [-0.15, -0.1) is 0 Å². The van der Waals surface area contributed by atoms with Gasteiger partial charge < -0.3 is 5.32 Å². The summed E-state index contributed by atoms with van der Waals surface area (Å²) in [6.07, 6.45) is 4.28. The van der Waals surface area contributed by atoms with Gasteiger partial charge in [-0.05, 0) is 65.2 Å². The molecule has 3 aromatic carbocycles. The van der Waals surface area contributed by atoms with Gasteiger partial charge in [0.1, 0.15) is 0 Å². The van der Waals surface area contributed by atoms with Crippen molar-refractivity contribution in [1.82, 2.24) is 5.32 Å². The topological polar surface area (TPSA) is 12.0 Å². The molecule has 22 heavy (non-hydrogen) atoms. The summed E-state index contributed by atoms with van der Waals surface area (Å²) in [4.78, 5) is 0. The Labute approximate surface area is 131 Å². The molecule has 1 atom stereocenters. The van der Waals surface area contributed by atoms with Crippen molar-refractivity contribution in [2.45, 2.75) is 19.4 Å². The van der Waals surface area contributed by atoms with Gasteiger partial charge in [0, 0.05) is 0 Å². The van der Waals surface area contributed by atoms with E-state index in [2.05, 4.69) is 85.9 Å². The van der Waals surface area contributed by atoms with Crippen molar-refractivity contribution < 1.29 is 0 Å². The van der Waals surface area contributed by atoms with Crippen molar-refractivity contribution in [2.75, 3.05) is 0 Å². The Bertz CT molecular complexity index is 877. The highest BCUT2D eigenvalue weighted by Gasteiger charge is 2.31. The molecule has 1 nitrogen and oxygen atoms in total. The average molecular weight is 285 g/mol. The van der Waals surface area contributed by atoms with Crippen LogP contribution in [0, 0.1) is 6.92 Å². The van der Waals surface area contributed by atoms with Crippen molar-refractivity contribution in [3.63, 3.8) is 0 Å². The number of rotatable bonds is 2. The van der Waals surface area contributed by atoms with E-state index in [4.69, 9.17) is 0 Å². The molecule has 0 aliphatic carbocycles. The predicted octanol–water partition coefficient (Wildman–Crippen LogP) is 5.15. The molecule has 1 unspecified atom stereocenters. The normalized spacial score (nSPS) is 19.7. The fourth-order valence-corrected chi connectivity index (χ4v) is 3.53. The van der Waals surface area contributed by atoms with Crippen LogP contribution >= 0.6 is 0 Å². The van der Waals surface area contributed by atoms with Crippen molar-refractivity contribution in [2.24, 2.45) is 0 Å². The second-order valence-corrected chi connectivity index (χ2v) is 6.19. The Balaban J connectivity index is 2.08. The second kappa shape index (κ2) is 4.74. The van der Waals surface area contributed by atoms with Gasteiger partial charge in [0.05, 0.1) is 5.54 Å². The van der Waals surface area contributed by atoms with Crippen LogP contribution < -0.4 is 5.32 Å². The van der Waals surface area contributed by atoms with Crippen LogP contribution in [0.15, 0.2) is 72.9 Å². The zero-order chi connectivity index (χ0) is 15.2. The zero-order valence-electron chi connectivity index (χ0n) is 12.9. The summed E-state index contributed by atoms with van der Waals surface area (Å²) in [5.74, 6) is 0. The number of hydrogen-bond donors (Lipinski definition) is 1. The van der Waals surface area contributed by atoms with Crippen LogP contribution in [0.1, 0.15) is 18.1 Å². The summed E-state index contributed by atoms with van der Waals surface area (Å²) in [7, 11) is 0. The SMILES string of the molecule is Cc1c(-c2ccccc2)cc2ccccc2c1C1(C)C=CN1. The van der Waals surface area contributed by atoms with Crippen LogP contribution in [0.3, 0.4) is 0 Å². The third-order valence-corrected chi connectivity index (χ3v) is 4.71. The summed E-state index contributed by atoms with van der Waals surface area (Å²) < 4.78 is 0. The van der Waals surface area contributed by atoms with E-state index in [1.54, 1.807) is 0 Å². The molecule has 108 valence electrons. The smallest absolute Gasteiger partial charge is 0.0801 e. The standard InChI is InChI=1S/C21H19N/c1-15-19(16-8-4-3-5-9-16)14-17-10-6-7-11-18(17)20(15)21(2)12-13-22-21/h3-14,22H,1-2H3. The second-order valence-electron chi connectivity index (χ2n) is 6.19. The van der Waals surface area contributed by atoms with E-state index in [1.807, 2.05) is 6.20 Å². The average Bonchev–Trinajstić information content (AvgIpc) is 2.53. The first-order valence-electron chi connectivity index (χ1n) is 7.73. The largest absolute Gasteiger partial charge is 0.378 e. The lowest BCUT2D eigenvalue weighted by atomic mass is 9.79. The summed E-state index contributed by atoms with van der Waals surface area (Å²) >= 11 is 0. The van der Waals surface area contributed by atoms with Gasteiger partial charge in [0.2, 0.25) is 0 Å². The van der Waals surface area contributed by atoms with Crippen molar-refractivity contribution in [3.05, 3.63) is 84.1 Å². The highest BCUT2D eigenvalue weighted by Crippen LogP contribution is 2.40. The van der Waals surface area contributed by atoms with Crippen LogP contribution in [0.4, 0.5) is 0 Å². The maximum Gasteiger partial charge on any atom is 0.0801 e. The van der Waals surface area contributed by atoms with Gasteiger partial charge in [-0.1, -0.05) is 54.6 Å². The van der Waals surface area contributed by atoms with Gasteiger partial charge >= 0.3 is 0 Å². The Kier molecular flexibility index (Phi) is 2.83. The maximum absolute atomic E-state index is 3.47. The minimum Gasteiger partial charge on any atom is -0.378 e. The fraction of sp³-hybridized carbons (Fsp3) is 0.143. The number of benzene rings is 3. The fourth-order valence-electron chi connectivity index (χ4n) is 3.53. The first-order valence-corrected chi connectivity index (χ1v) is 7.73. The lowest BCUT2D eigenvalue weighted by Crippen LogP contribution is -2.41. The molecular weight excluding hydrogens is 266 g/mol. The van der Waals surface area contributed by atoms with Gasteiger partial charge in [-0.25, -0.2) is 0 Å². The minimum atomic E-state index is -0.0749. The zero-order valence-corrected chi connectivity index (χ0v) is 12.9. The molecule has 1 heteroatoms. The first-order chi connectivity index (χ1) is 10.7. The summed E-state index contributed by atoms with van der Waals surface area (Å²) in [6, 6.07) is 21.6. The maximum atomic E-state index is 3.47. The molecular formula is C21H19N. The Morgan fingerprint density at radius 3 is 2.27 bits per heavy atom. The molecule has 1 N–H and O–H groups in total. The first kappa shape index (κ1) is 13.1. The van der Waals surface area contributed by atoms with E-state index in [0.29, 0.717) is 0 Å². The Hall–Kier alpha value is -2.54. The van der Waals surface area contributed by atoms with Gasteiger partial charge in [0.15, 0.2) is 0 Å². The molecule has 0 radical (unpaired) electrons. The van der Waals surface area contributed by atoms with E-state index in [1.165, 1.54) is 33.0 Å². The molecule has 1 heterocycles. The molecule has 0 saturated heterocycles.